The van der Waals surface area contributed by atoms with E-state index < -0.39 is 0 Å². The Morgan fingerprint density at radius 3 is 2.47 bits per heavy atom. The SMILES string of the molecule is O=C(Nc1nc(CC(=O)N2CCCC(C(=O)Nc3ccccc3)C2)cs1)c1ccccc1. The second-order valence-corrected chi connectivity index (χ2v) is 8.53. The Bertz CT molecular complexity index is 1080. The van der Waals surface area contributed by atoms with Gasteiger partial charge in [-0.05, 0) is 37.1 Å². The fourth-order valence-corrected chi connectivity index (χ4v) is 4.36. The molecule has 7 nitrogen and oxygen atoms in total. The molecule has 8 heteroatoms. The van der Waals surface area contributed by atoms with Crippen molar-refractivity contribution in [2.45, 2.75) is 19.3 Å². The van der Waals surface area contributed by atoms with Gasteiger partial charge in [-0.3, -0.25) is 19.7 Å². The molecule has 1 unspecified atom stereocenters. The Kier molecular flexibility index (Phi) is 6.91. The number of hydrogen-bond donors (Lipinski definition) is 2. The highest BCUT2D eigenvalue weighted by Crippen LogP contribution is 2.21. The molecule has 1 aliphatic heterocycles. The molecule has 2 heterocycles. The number of carbonyl (C=O) groups excluding carboxylic acids is 3. The molecule has 0 aliphatic carbocycles. The summed E-state index contributed by atoms with van der Waals surface area (Å²) in [5.41, 5.74) is 1.92. The lowest BCUT2D eigenvalue weighted by Gasteiger charge is -2.32. The number of piperidine rings is 1. The molecule has 32 heavy (non-hydrogen) atoms. The zero-order chi connectivity index (χ0) is 22.3. The fourth-order valence-electron chi connectivity index (χ4n) is 3.65. The third kappa shape index (κ3) is 5.59. The zero-order valence-corrected chi connectivity index (χ0v) is 18.3. The van der Waals surface area contributed by atoms with Gasteiger partial charge in [0.15, 0.2) is 5.13 Å². The zero-order valence-electron chi connectivity index (χ0n) is 17.5. The Morgan fingerprint density at radius 1 is 1.00 bits per heavy atom. The Morgan fingerprint density at radius 2 is 1.72 bits per heavy atom. The van der Waals surface area contributed by atoms with Gasteiger partial charge in [-0.2, -0.15) is 0 Å². The van der Waals surface area contributed by atoms with Crippen molar-refractivity contribution in [1.29, 1.82) is 0 Å². The molecule has 1 saturated heterocycles. The van der Waals surface area contributed by atoms with Crippen molar-refractivity contribution in [1.82, 2.24) is 9.88 Å². The number of benzene rings is 2. The van der Waals surface area contributed by atoms with E-state index in [4.69, 9.17) is 0 Å². The minimum absolute atomic E-state index is 0.0616. The van der Waals surface area contributed by atoms with Crippen molar-refractivity contribution in [2.24, 2.45) is 5.92 Å². The van der Waals surface area contributed by atoms with Gasteiger partial charge in [0.05, 0.1) is 18.0 Å². The van der Waals surface area contributed by atoms with Gasteiger partial charge in [-0.15, -0.1) is 11.3 Å². The van der Waals surface area contributed by atoms with Crippen LogP contribution in [0.3, 0.4) is 0 Å². The molecule has 0 bridgehead atoms. The number of nitrogens with zero attached hydrogens (tertiary/aromatic N) is 2. The molecule has 2 N–H and O–H groups in total. The minimum Gasteiger partial charge on any atom is -0.342 e. The summed E-state index contributed by atoms with van der Waals surface area (Å²) >= 11 is 1.29. The molecule has 0 radical (unpaired) electrons. The van der Waals surface area contributed by atoms with E-state index in [0.717, 1.165) is 18.5 Å². The van der Waals surface area contributed by atoms with Crippen LogP contribution in [-0.4, -0.2) is 40.7 Å². The number of anilines is 2. The predicted molar refractivity (Wildman–Crippen MR) is 125 cm³/mol. The molecule has 1 fully saturated rings. The number of para-hydroxylation sites is 1. The first-order chi connectivity index (χ1) is 15.6. The summed E-state index contributed by atoms with van der Waals surface area (Å²) < 4.78 is 0. The highest BCUT2D eigenvalue weighted by atomic mass is 32.1. The van der Waals surface area contributed by atoms with Crippen molar-refractivity contribution in [3.8, 4) is 0 Å². The van der Waals surface area contributed by atoms with Crippen LogP contribution in [0.4, 0.5) is 10.8 Å². The van der Waals surface area contributed by atoms with Crippen molar-refractivity contribution >= 4 is 39.9 Å². The third-order valence-electron chi connectivity index (χ3n) is 5.33. The normalized spacial score (nSPS) is 15.8. The van der Waals surface area contributed by atoms with Crippen molar-refractivity contribution in [3.05, 3.63) is 77.3 Å². The van der Waals surface area contributed by atoms with Crippen LogP contribution in [0.2, 0.25) is 0 Å². The molecule has 3 amide bonds. The van der Waals surface area contributed by atoms with Gasteiger partial charge in [0.1, 0.15) is 0 Å². The molecule has 1 aliphatic rings. The quantitative estimate of drug-likeness (QED) is 0.600. The van der Waals surface area contributed by atoms with Crippen LogP contribution in [0.25, 0.3) is 0 Å². The van der Waals surface area contributed by atoms with Crippen LogP contribution in [-0.2, 0) is 16.0 Å². The average Bonchev–Trinajstić information content (AvgIpc) is 3.27. The van der Waals surface area contributed by atoms with Gasteiger partial charge in [0.25, 0.3) is 5.91 Å². The maximum Gasteiger partial charge on any atom is 0.257 e. The lowest BCUT2D eigenvalue weighted by atomic mass is 9.96. The summed E-state index contributed by atoms with van der Waals surface area (Å²) in [5, 5.41) is 7.93. The van der Waals surface area contributed by atoms with Gasteiger partial charge in [0.2, 0.25) is 11.8 Å². The summed E-state index contributed by atoms with van der Waals surface area (Å²) in [5.74, 6) is -0.591. The van der Waals surface area contributed by atoms with Gasteiger partial charge in [-0.1, -0.05) is 36.4 Å². The van der Waals surface area contributed by atoms with Crippen LogP contribution >= 0.6 is 11.3 Å². The lowest BCUT2D eigenvalue weighted by Crippen LogP contribution is -2.44. The molecule has 0 spiro atoms. The lowest BCUT2D eigenvalue weighted by molar-refractivity contribution is -0.134. The predicted octanol–water partition coefficient (Wildman–Crippen LogP) is 3.82. The minimum atomic E-state index is -0.235. The highest BCUT2D eigenvalue weighted by Gasteiger charge is 2.28. The smallest absolute Gasteiger partial charge is 0.257 e. The van der Waals surface area contributed by atoms with E-state index >= 15 is 0 Å². The summed E-state index contributed by atoms with van der Waals surface area (Å²) in [4.78, 5) is 43.8. The molecule has 3 aromatic rings. The second-order valence-electron chi connectivity index (χ2n) is 7.68. The summed E-state index contributed by atoms with van der Waals surface area (Å²) in [6, 6.07) is 18.2. The standard InChI is InChI=1S/C24H24N4O3S/c29-21(14-20-16-32-24(26-20)27-22(30)17-8-3-1-4-9-17)28-13-7-10-18(15-28)23(31)25-19-11-5-2-6-12-19/h1-6,8-9,11-12,16,18H,7,10,13-15H2,(H,25,31)(H,26,27,30). The van der Waals surface area contributed by atoms with Gasteiger partial charge < -0.3 is 10.2 Å². The first kappa shape index (κ1) is 21.7. The third-order valence-corrected chi connectivity index (χ3v) is 6.13. The highest BCUT2D eigenvalue weighted by molar-refractivity contribution is 7.14. The summed E-state index contributed by atoms with van der Waals surface area (Å²) in [6.45, 7) is 1.04. The number of thiazole rings is 1. The van der Waals surface area contributed by atoms with Crippen LogP contribution in [0.1, 0.15) is 28.9 Å². The first-order valence-corrected chi connectivity index (χ1v) is 11.4. The average molecular weight is 449 g/mol. The molecule has 1 aromatic heterocycles. The van der Waals surface area contributed by atoms with Crippen LogP contribution in [0, 0.1) is 5.92 Å². The maximum absolute atomic E-state index is 12.8. The van der Waals surface area contributed by atoms with Crippen molar-refractivity contribution in [2.75, 3.05) is 23.7 Å². The Balaban J connectivity index is 1.31. The van der Waals surface area contributed by atoms with E-state index in [1.165, 1.54) is 11.3 Å². The molecule has 2 aromatic carbocycles. The van der Waals surface area contributed by atoms with Crippen LogP contribution in [0.5, 0.6) is 0 Å². The van der Waals surface area contributed by atoms with E-state index in [1.54, 1.807) is 34.5 Å². The number of carbonyl (C=O) groups is 3. The van der Waals surface area contributed by atoms with E-state index in [2.05, 4.69) is 15.6 Å². The van der Waals surface area contributed by atoms with E-state index in [1.807, 2.05) is 36.4 Å². The molecule has 4 rings (SSSR count). The molecule has 164 valence electrons. The maximum atomic E-state index is 12.8. The van der Waals surface area contributed by atoms with Crippen LogP contribution < -0.4 is 10.6 Å². The fraction of sp³-hybridized carbons (Fsp3) is 0.250. The number of amides is 3. The topological polar surface area (TPSA) is 91.4 Å². The van der Waals surface area contributed by atoms with Gasteiger partial charge in [-0.25, -0.2) is 4.98 Å². The van der Waals surface area contributed by atoms with Crippen LogP contribution in [0.15, 0.2) is 66.0 Å². The van der Waals surface area contributed by atoms with E-state index in [0.29, 0.717) is 29.5 Å². The first-order valence-electron chi connectivity index (χ1n) is 10.5. The molecular weight excluding hydrogens is 424 g/mol. The van der Waals surface area contributed by atoms with Gasteiger partial charge in [0, 0.05) is 29.7 Å². The Labute approximate surface area is 190 Å². The monoisotopic (exact) mass is 448 g/mol. The molecule has 0 saturated carbocycles. The number of nitrogens with one attached hydrogen (secondary N) is 2. The Hall–Kier alpha value is -3.52. The number of hydrogen-bond acceptors (Lipinski definition) is 5. The van der Waals surface area contributed by atoms with E-state index in [9.17, 15) is 14.4 Å². The number of aromatic nitrogens is 1. The molecular formula is C24H24N4O3S. The van der Waals surface area contributed by atoms with Crippen molar-refractivity contribution < 1.29 is 14.4 Å². The summed E-state index contributed by atoms with van der Waals surface area (Å²) in [7, 11) is 0. The second kappa shape index (κ2) is 10.2. The largest absolute Gasteiger partial charge is 0.342 e. The van der Waals surface area contributed by atoms with Gasteiger partial charge >= 0.3 is 0 Å². The number of likely N-dealkylation sites (tertiary alicyclic amines) is 1. The summed E-state index contributed by atoms with van der Waals surface area (Å²) in [6.07, 6.45) is 1.69. The number of rotatable bonds is 6. The van der Waals surface area contributed by atoms with E-state index in [-0.39, 0.29) is 30.1 Å². The molecule has 1 atom stereocenters. The van der Waals surface area contributed by atoms with Crippen molar-refractivity contribution in [3.63, 3.8) is 0 Å².